The highest BCUT2D eigenvalue weighted by molar-refractivity contribution is 6.34. The number of furan rings is 1. The van der Waals surface area contributed by atoms with Gasteiger partial charge in [-0.3, -0.25) is 0 Å². The Hall–Kier alpha value is -6.64. The minimum atomic E-state index is 0.920. The number of para-hydroxylation sites is 3. The Kier molecular flexibility index (Phi) is 6.53. The molecule has 1 aromatic heterocycles. The first-order valence-corrected chi connectivity index (χ1v) is 17.1. The van der Waals surface area contributed by atoms with E-state index >= 15 is 0 Å². The van der Waals surface area contributed by atoms with E-state index in [1.807, 2.05) is 6.07 Å². The smallest absolute Gasteiger partial charge is 0.136 e. The monoisotopic (exact) mass is 637 g/mol. The zero-order chi connectivity index (χ0) is 33.0. The van der Waals surface area contributed by atoms with Gasteiger partial charge in [0.2, 0.25) is 0 Å². The summed E-state index contributed by atoms with van der Waals surface area (Å²) < 4.78 is 6.34. The largest absolute Gasteiger partial charge is 0.456 e. The summed E-state index contributed by atoms with van der Waals surface area (Å²) in [5.41, 5.74) is 9.95. The second-order valence-electron chi connectivity index (χ2n) is 12.9. The average molecular weight is 638 g/mol. The Morgan fingerprint density at radius 3 is 1.72 bits per heavy atom. The predicted octanol–water partition coefficient (Wildman–Crippen LogP) is 13.8. The first-order chi connectivity index (χ1) is 24.8. The molecule has 234 valence electrons. The molecule has 10 rings (SSSR count). The third-order valence-electron chi connectivity index (χ3n) is 10.0. The maximum Gasteiger partial charge on any atom is 0.136 e. The predicted molar refractivity (Wildman–Crippen MR) is 212 cm³/mol. The summed E-state index contributed by atoms with van der Waals surface area (Å²) in [4.78, 5) is 2.35. The van der Waals surface area contributed by atoms with Gasteiger partial charge in [0.25, 0.3) is 0 Å². The van der Waals surface area contributed by atoms with E-state index in [1.54, 1.807) is 0 Å². The number of hydrogen-bond acceptors (Lipinski definition) is 2. The zero-order valence-electron chi connectivity index (χ0n) is 27.3. The van der Waals surface area contributed by atoms with Gasteiger partial charge >= 0.3 is 0 Å². The van der Waals surface area contributed by atoms with Gasteiger partial charge in [0.1, 0.15) is 11.2 Å². The van der Waals surface area contributed by atoms with Gasteiger partial charge in [0, 0.05) is 33.1 Å². The molecule has 10 aromatic rings. The van der Waals surface area contributed by atoms with Crippen LogP contribution in [0.4, 0.5) is 17.1 Å². The quantitative estimate of drug-likeness (QED) is 0.175. The Labute approximate surface area is 290 Å². The summed E-state index contributed by atoms with van der Waals surface area (Å²) in [7, 11) is 0. The summed E-state index contributed by atoms with van der Waals surface area (Å²) >= 11 is 0. The minimum Gasteiger partial charge on any atom is -0.456 e. The molecule has 2 nitrogen and oxygen atoms in total. The lowest BCUT2D eigenvalue weighted by atomic mass is 9.90. The van der Waals surface area contributed by atoms with E-state index < -0.39 is 0 Å². The third-order valence-corrected chi connectivity index (χ3v) is 10.0. The van der Waals surface area contributed by atoms with Gasteiger partial charge in [-0.2, -0.15) is 0 Å². The van der Waals surface area contributed by atoms with Gasteiger partial charge in [0.05, 0.1) is 5.69 Å². The molecule has 0 fully saturated rings. The van der Waals surface area contributed by atoms with Crippen molar-refractivity contribution in [1.82, 2.24) is 0 Å². The van der Waals surface area contributed by atoms with Crippen LogP contribution in [-0.4, -0.2) is 0 Å². The number of rotatable bonds is 5. The first-order valence-electron chi connectivity index (χ1n) is 17.1. The van der Waals surface area contributed by atoms with Crippen molar-refractivity contribution in [3.63, 3.8) is 0 Å². The van der Waals surface area contributed by atoms with Crippen molar-refractivity contribution in [2.24, 2.45) is 0 Å². The van der Waals surface area contributed by atoms with E-state index in [0.29, 0.717) is 0 Å². The lowest BCUT2D eigenvalue weighted by Gasteiger charge is -2.28. The van der Waals surface area contributed by atoms with E-state index in [9.17, 15) is 0 Å². The molecule has 0 saturated carbocycles. The number of benzene rings is 9. The normalized spacial score (nSPS) is 11.6. The first kappa shape index (κ1) is 28.4. The summed E-state index contributed by atoms with van der Waals surface area (Å²) in [5, 5.41) is 9.83. The van der Waals surface area contributed by atoms with E-state index in [2.05, 4.69) is 187 Å². The Bertz CT molecular complexity index is 2850. The maximum atomic E-state index is 6.34. The summed E-state index contributed by atoms with van der Waals surface area (Å²) in [6.45, 7) is 0. The highest BCUT2D eigenvalue weighted by atomic mass is 16.3. The van der Waals surface area contributed by atoms with Crippen molar-refractivity contribution in [3.8, 4) is 22.3 Å². The van der Waals surface area contributed by atoms with Crippen molar-refractivity contribution in [1.29, 1.82) is 0 Å². The highest BCUT2D eigenvalue weighted by Crippen LogP contribution is 2.44. The molecule has 0 amide bonds. The van der Waals surface area contributed by atoms with Gasteiger partial charge in [0.15, 0.2) is 0 Å². The van der Waals surface area contributed by atoms with Crippen molar-refractivity contribution in [3.05, 3.63) is 188 Å². The van der Waals surface area contributed by atoms with Crippen LogP contribution in [0.1, 0.15) is 0 Å². The maximum absolute atomic E-state index is 6.34. The average Bonchev–Trinajstić information content (AvgIpc) is 3.58. The van der Waals surface area contributed by atoms with Crippen molar-refractivity contribution >= 4 is 71.3 Å². The van der Waals surface area contributed by atoms with Crippen LogP contribution >= 0.6 is 0 Å². The van der Waals surface area contributed by atoms with E-state index in [1.165, 1.54) is 60.0 Å². The van der Waals surface area contributed by atoms with Crippen LogP contribution in [-0.2, 0) is 0 Å². The summed E-state index contributed by atoms with van der Waals surface area (Å²) in [5.74, 6) is 0. The van der Waals surface area contributed by atoms with Crippen molar-refractivity contribution in [2.75, 3.05) is 4.90 Å². The second-order valence-corrected chi connectivity index (χ2v) is 12.9. The van der Waals surface area contributed by atoms with Crippen LogP contribution in [0.5, 0.6) is 0 Å². The third kappa shape index (κ3) is 4.50. The molecule has 0 N–H and O–H groups in total. The van der Waals surface area contributed by atoms with E-state index in [-0.39, 0.29) is 0 Å². The van der Waals surface area contributed by atoms with E-state index in [0.717, 1.165) is 33.6 Å². The summed E-state index contributed by atoms with van der Waals surface area (Å²) in [6.07, 6.45) is 0. The molecule has 0 radical (unpaired) electrons. The van der Waals surface area contributed by atoms with Crippen LogP contribution in [0.25, 0.3) is 76.5 Å². The Morgan fingerprint density at radius 1 is 0.320 bits per heavy atom. The van der Waals surface area contributed by atoms with Crippen LogP contribution in [0.15, 0.2) is 192 Å². The molecule has 2 heteroatoms. The van der Waals surface area contributed by atoms with E-state index in [4.69, 9.17) is 4.42 Å². The molecule has 50 heavy (non-hydrogen) atoms. The molecule has 0 atom stereocenters. The van der Waals surface area contributed by atoms with Crippen LogP contribution < -0.4 is 4.90 Å². The number of hydrogen-bond donors (Lipinski definition) is 0. The van der Waals surface area contributed by atoms with Gasteiger partial charge in [-0.15, -0.1) is 0 Å². The van der Waals surface area contributed by atoms with Crippen LogP contribution in [0, 0.1) is 0 Å². The minimum absolute atomic E-state index is 0.920. The fourth-order valence-corrected chi connectivity index (χ4v) is 7.78. The van der Waals surface area contributed by atoms with Gasteiger partial charge in [-0.1, -0.05) is 133 Å². The molecular formula is C48H31NO. The fourth-order valence-electron chi connectivity index (χ4n) is 7.78. The molecule has 0 saturated heterocycles. The number of nitrogens with zero attached hydrogens (tertiary/aromatic N) is 1. The van der Waals surface area contributed by atoms with Crippen molar-refractivity contribution in [2.45, 2.75) is 0 Å². The number of anilines is 3. The Balaban J connectivity index is 1.14. The molecule has 0 unspecified atom stereocenters. The van der Waals surface area contributed by atoms with Crippen LogP contribution in [0.3, 0.4) is 0 Å². The lowest BCUT2D eigenvalue weighted by molar-refractivity contribution is 0.669. The molecule has 0 aliphatic heterocycles. The molecule has 0 aliphatic carbocycles. The standard InChI is InChI=1S/C48H31NO/c1-3-13-33(14-4-1)37-17-9-11-21-44(37)49(35-15-5-2-6-16-35)36-26-23-32(24-27-36)34-25-28-39-38-18-7-8-19-40(38)47-41(43(39)31-34)29-30-46-48(47)42-20-10-12-22-45(42)50-46/h1-31H. The molecule has 0 aliphatic rings. The molecule has 1 heterocycles. The molecule has 0 spiro atoms. The number of fused-ring (bicyclic) bond motifs is 10. The zero-order valence-corrected chi connectivity index (χ0v) is 27.3. The highest BCUT2D eigenvalue weighted by Gasteiger charge is 2.18. The molecular weight excluding hydrogens is 607 g/mol. The van der Waals surface area contributed by atoms with Gasteiger partial charge in [-0.05, 0) is 98.2 Å². The lowest BCUT2D eigenvalue weighted by Crippen LogP contribution is -2.11. The second kappa shape index (κ2) is 11.5. The molecule has 9 aromatic carbocycles. The molecule has 0 bridgehead atoms. The fraction of sp³-hybridized carbons (Fsp3) is 0. The van der Waals surface area contributed by atoms with Crippen LogP contribution in [0.2, 0.25) is 0 Å². The van der Waals surface area contributed by atoms with Gasteiger partial charge in [-0.25, -0.2) is 0 Å². The SMILES string of the molecule is c1ccc(-c2ccccc2N(c2ccccc2)c2ccc(-c3ccc4c5ccccc5c5c(ccc6oc7ccccc7c65)c4c3)cc2)cc1. The Morgan fingerprint density at radius 2 is 0.900 bits per heavy atom. The van der Waals surface area contributed by atoms with Gasteiger partial charge < -0.3 is 9.32 Å². The van der Waals surface area contributed by atoms with Crippen molar-refractivity contribution < 1.29 is 4.42 Å². The summed E-state index contributed by atoms with van der Waals surface area (Å²) in [6, 6.07) is 67.4. The topological polar surface area (TPSA) is 16.4 Å².